The number of fused-ring (bicyclic) bond motifs is 1. The van der Waals surface area contributed by atoms with Gasteiger partial charge in [-0.2, -0.15) is 0 Å². The van der Waals surface area contributed by atoms with Gasteiger partial charge in [0.2, 0.25) is 0 Å². The smallest absolute Gasteiger partial charge is 0.126 e. The second-order valence-electron chi connectivity index (χ2n) is 3.31. The van der Waals surface area contributed by atoms with E-state index in [1.807, 2.05) is 6.07 Å². The maximum atomic E-state index is 13.2. The molecule has 1 aromatic carbocycles. The number of halogens is 2. The number of rotatable bonds is 1. The molecule has 0 radical (unpaired) electrons. The minimum Gasteiger partial charge on any atom is -0.307 e. The highest BCUT2D eigenvalue weighted by atomic mass is 19.1. The average molecular weight is 183 g/mol. The molecule has 0 bridgehead atoms. The molecule has 0 spiro atoms. The first-order valence-corrected chi connectivity index (χ1v) is 4.37. The SMILES string of the molecule is FCC1Cc2c(F)cccc2CN1. The molecule has 1 aromatic rings. The van der Waals surface area contributed by atoms with Crippen LogP contribution in [-0.4, -0.2) is 12.7 Å². The van der Waals surface area contributed by atoms with Crippen molar-refractivity contribution in [3.8, 4) is 0 Å². The molecule has 0 amide bonds. The summed E-state index contributed by atoms with van der Waals surface area (Å²) in [5.41, 5.74) is 1.62. The van der Waals surface area contributed by atoms with Crippen molar-refractivity contribution in [2.45, 2.75) is 19.0 Å². The highest BCUT2D eigenvalue weighted by Gasteiger charge is 2.19. The van der Waals surface area contributed by atoms with Crippen LogP contribution in [0, 0.1) is 5.82 Å². The van der Waals surface area contributed by atoms with Gasteiger partial charge < -0.3 is 5.32 Å². The Morgan fingerprint density at radius 2 is 2.31 bits per heavy atom. The molecular formula is C10H11F2N. The zero-order valence-corrected chi connectivity index (χ0v) is 7.19. The van der Waals surface area contributed by atoms with Gasteiger partial charge in [-0.15, -0.1) is 0 Å². The predicted octanol–water partition coefficient (Wildman–Crippen LogP) is 1.81. The van der Waals surface area contributed by atoms with Crippen molar-refractivity contribution in [3.05, 3.63) is 35.1 Å². The van der Waals surface area contributed by atoms with Crippen LogP contribution >= 0.6 is 0 Å². The molecule has 0 saturated carbocycles. The summed E-state index contributed by atoms with van der Waals surface area (Å²) in [4.78, 5) is 0. The third kappa shape index (κ3) is 1.56. The topological polar surface area (TPSA) is 12.0 Å². The van der Waals surface area contributed by atoms with Crippen molar-refractivity contribution >= 4 is 0 Å². The van der Waals surface area contributed by atoms with E-state index in [4.69, 9.17) is 0 Å². The standard InChI is InChI=1S/C10H11F2N/c11-5-8-4-9-7(6-13-8)2-1-3-10(9)12/h1-3,8,13H,4-6H2. The monoisotopic (exact) mass is 183 g/mol. The molecule has 0 saturated heterocycles. The Kier molecular flexibility index (Phi) is 2.27. The van der Waals surface area contributed by atoms with Gasteiger partial charge in [0.05, 0.1) is 0 Å². The van der Waals surface area contributed by atoms with Gasteiger partial charge in [0, 0.05) is 12.6 Å². The molecule has 13 heavy (non-hydrogen) atoms. The molecule has 0 fully saturated rings. The fourth-order valence-electron chi connectivity index (χ4n) is 1.68. The number of alkyl halides is 1. The van der Waals surface area contributed by atoms with Gasteiger partial charge in [-0.3, -0.25) is 0 Å². The Morgan fingerprint density at radius 1 is 1.46 bits per heavy atom. The Labute approximate surface area is 75.8 Å². The van der Waals surface area contributed by atoms with Crippen molar-refractivity contribution in [2.24, 2.45) is 0 Å². The first kappa shape index (κ1) is 8.63. The van der Waals surface area contributed by atoms with E-state index in [1.54, 1.807) is 6.07 Å². The minimum absolute atomic E-state index is 0.211. The van der Waals surface area contributed by atoms with Crippen LogP contribution in [-0.2, 0) is 13.0 Å². The second kappa shape index (κ2) is 3.42. The van der Waals surface area contributed by atoms with Crippen LogP contribution in [0.25, 0.3) is 0 Å². The lowest BCUT2D eigenvalue weighted by atomic mass is 9.96. The number of nitrogens with one attached hydrogen (secondary N) is 1. The van der Waals surface area contributed by atoms with Gasteiger partial charge in [-0.1, -0.05) is 12.1 Å². The fraction of sp³-hybridized carbons (Fsp3) is 0.400. The molecule has 70 valence electrons. The van der Waals surface area contributed by atoms with Gasteiger partial charge in [-0.05, 0) is 23.6 Å². The molecule has 1 N–H and O–H groups in total. The number of hydrogen-bond donors (Lipinski definition) is 1. The van der Waals surface area contributed by atoms with Gasteiger partial charge in [-0.25, -0.2) is 8.78 Å². The first-order chi connectivity index (χ1) is 6.31. The molecular weight excluding hydrogens is 172 g/mol. The zero-order chi connectivity index (χ0) is 9.26. The molecule has 0 aromatic heterocycles. The van der Waals surface area contributed by atoms with Crippen LogP contribution in [0.1, 0.15) is 11.1 Å². The Hall–Kier alpha value is -0.960. The Balaban J connectivity index is 2.32. The molecule has 0 aliphatic carbocycles. The third-order valence-corrected chi connectivity index (χ3v) is 2.43. The Bertz CT molecular complexity index is 312. The number of benzene rings is 1. The highest BCUT2D eigenvalue weighted by molar-refractivity contribution is 5.31. The molecule has 3 heteroatoms. The molecule has 1 nitrogen and oxygen atoms in total. The van der Waals surface area contributed by atoms with Crippen molar-refractivity contribution < 1.29 is 8.78 Å². The third-order valence-electron chi connectivity index (χ3n) is 2.43. The lowest BCUT2D eigenvalue weighted by molar-refractivity contribution is 0.354. The zero-order valence-electron chi connectivity index (χ0n) is 7.19. The van der Waals surface area contributed by atoms with E-state index < -0.39 is 6.67 Å². The van der Waals surface area contributed by atoms with E-state index in [-0.39, 0.29) is 11.9 Å². The maximum Gasteiger partial charge on any atom is 0.126 e. The summed E-state index contributed by atoms with van der Waals surface area (Å²) in [5.74, 6) is -0.211. The van der Waals surface area contributed by atoms with Gasteiger partial charge in [0.15, 0.2) is 0 Å². The van der Waals surface area contributed by atoms with Gasteiger partial charge >= 0.3 is 0 Å². The summed E-state index contributed by atoms with van der Waals surface area (Å²) in [6, 6.07) is 4.77. The van der Waals surface area contributed by atoms with E-state index in [1.165, 1.54) is 6.07 Å². The molecule has 2 rings (SSSR count). The maximum absolute atomic E-state index is 13.2. The van der Waals surface area contributed by atoms with Crippen molar-refractivity contribution in [3.63, 3.8) is 0 Å². The van der Waals surface area contributed by atoms with E-state index in [2.05, 4.69) is 5.32 Å². The van der Waals surface area contributed by atoms with Crippen LogP contribution < -0.4 is 5.32 Å². The molecule has 1 aliphatic heterocycles. The lowest BCUT2D eigenvalue weighted by Crippen LogP contribution is -2.37. The van der Waals surface area contributed by atoms with Crippen molar-refractivity contribution in [2.75, 3.05) is 6.67 Å². The van der Waals surface area contributed by atoms with Gasteiger partial charge in [0.1, 0.15) is 12.5 Å². The Morgan fingerprint density at radius 3 is 3.08 bits per heavy atom. The molecule has 1 atom stereocenters. The summed E-state index contributed by atoms with van der Waals surface area (Å²) in [7, 11) is 0. The highest BCUT2D eigenvalue weighted by Crippen LogP contribution is 2.19. The average Bonchev–Trinajstić information content (AvgIpc) is 2.18. The van der Waals surface area contributed by atoms with E-state index >= 15 is 0 Å². The van der Waals surface area contributed by atoms with Crippen LogP contribution in [0.15, 0.2) is 18.2 Å². The van der Waals surface area contributed by atoms with Crippen molar-refractivity contribution in [1.29, 1.82) is 0 Å². The van der Waals surface area contributed by atoms with Crippen LogP contribution in [0.5, 0.6) is 0 Å². The normalized spacial score (nSPS) is 21.2. The number of hydrogen-bond acceptors (Lipinski definition) is 1. The summed E-state index contributed by atoms with van der Waals surface area (Å²) in [5, 5.41) is 3.01. The van der Waals surface area contributed by atoms with E-state index in [0.29, 0.717) is 18.5 Å². The predicted molar refractivity (Wildman–Crippen MR) is 46.7 cm³/mol. The molecule has 1 heterocycles. The van der Waals surface area contributed by atoms with Crippen molar-refractivity contribution in [1.82, 2.24) is 5.32 Å². The minimum atomic E-state index is -0.437. The van der Waals surface area contributed by atoms with Crippen LogP contribution in [0.3, 0.4) is 0 Å². The van der Waals surface area contributed by atoms with Crippen LogP contribution in [0.2, 0.25) is 0 Å². The summed E-state index contributed by atoms with van der Waals surface area (Å²) in [6.07, 6.45) is 0.457. The lowest BCUT2D eigenvalue weighted by Gasteiger charge is -2.24. The molecule has 1 aliphatic rings. The fourth-order valence-corrected chi connectivity index (χ4v) is 1.68. The molecule has 1 unspecified atom stereocenters. The largest absolute Gasteiger partial charge is 0.307 e. The quantitative estimate of drug-likeness (QED) is 0.700. The van der Waals surface area contributed by atoms with E-state index in [9.17, 15) is 8.78 Å². The summed E-state index contributed by atoms with van der Waals surface area (Å²) < 4.78 is 25.6. The summed E-state index contributed by atoms with van der Waals surface area (Å²) >= 11 is 0. The second-order valence-corrected chi connectivity index (χ2v) is 3.31. The first-order valence-electron chi connectivity index (χ1n) is 4.37. The summed E-state index contributed by atoms with van der Waals surface area (Å²) in [6.45, 7) is 0.134. The van der Waals surface area contributed by atoms with E-state index in [0.717, 1.165) is 5.56 Å². The van der Waals surface area contributed by atoms with Gasteiger partial charge in [0.25, 0.3) is 0 Å². The van der Waals surface area contributed by atoms with Crippen LogP contribution in [0.4, 0.5) is 8.78 Å².